The minimum absolute atomic E-state index is 0.0283. The molecule has 4 aromatic rings. The van der Waals surface area contributed by atoms with Crippen LogP contribution in [0.4, 0.5) is 5.69 Å². The highest BCUT2D eigenvalue weighted by Crippen LogP contribution is 2.44. The van der Waals surface area contributed by atoms with Gasteiger partial charge in [-0.3, -0.25) is 19.5 Å². The number of aliphatic hydroxyl groups excluding tert-OH is 1. The van der Waals surface area contributed by atoms with Crippen molar-refractivity contribution in [3.8, 4) is 10.6 Å². The summed E-state index contributed by atoms with van der Waals surface area (Å²) in [5.41, 5.74) is 3.00. The van der Waals surface area contributed by atoms with Crippen molar-refractivity contribution in [2.24, 2.45) is 0 Å². The first-order valence-electron chi connectivity index (χ1n) is 10.9. The van der Waals surface area contributed by atoms with E-state index in [4.69, 9.17) is 11.6 Å². The summed E-state index contributed by atoms with van der Waals surface area (Å²) >= 11 is 7.58. The van der Waals surface area contributed by atoms with Crippen LogP contribution in [-0.4, -0.2) is 26.8 Å². The van der Waals surface area contributed by atoms with Crippen LogP contribution >= 0.6 is 22.9 Å². The van der Waals surface area contributed by atoms with Crippen molar-refractivity contribution in [3.05, 3.63) is 111 Å². The Kier molecular flexibility index (Phi) is 5.96. The van der Waals surface area contributed by atoms with Crippen LogP contribution in [0.3, 0.4) is 0 Å². The van der Waals surface area contributed by atoms with Gasteiger partial charge in [-0.1, -0.05) is 54.1 Å². The number of thiazole rings is 1. The Morgan fingerprint density at radius 2 is 1.77 bits per heavy atom. The number of hydrogen-bond donors (Lipinski definition) is 1. The largest absolute Gasteiger partial charge is 0.503 e. The first kappa shape index (κ1) is 23.0. The number of carbonyl (C=O) groups is 2. The van der Waals surface area contributed by atoms with E-state index in [1.54, 1.807) is 56.4 Å². The second-order valence-corrected chi connectivity index (χ2v) is 9.51. The zero-order chi connectivity index (χ0) is 24.7. The van der Waals surface area contributed by atoms with Gasteiger partial charge in [0, 0.05) is 22.5 Å². The summed E-state index contributed by atoms with van der Waals surface area (Å²) in [6, 6.07) is 19.1. The maximum Gasteiger partial charge on any atom is 0.294 e. The smallest absolute Gasteiger partial charge is 0.294 e. The standard InChI is InChI=1S/C27H20ClN3O3S/c1-15-18(28)11-8-13-20(15)31-22(19-12-6-7-14-29-19)21(24(33)27(31)34)23(32)25-16(2)30-26(35-25)17-9-4-3-5-10-17/h3-14,22,33H,1-2H3. The van der Waals surface area contributed by atoms with Crippen LogP contribution in [0.1, 0.15) is 32.7 Å². The molecule has 1 N–H and O–H groups in total. The number of Topliss-reactive ketones (excluding diaryl/α,β-unsaturated/α-hetero) is 1. The molecule has 1 unspecified atom stereocenters. The molecule has 2 aromatic heterocycles. The van der Waals surface area contributed by atoms with Gasteiger partial charge >= 0.3 is 0 Å². The number of ketones is 1. The highest BCUT2D eigenvalue weighted by atomic mass is 35.5. The van der Waals surface area contributed by atoms with Crippen LogP contribution in [0, 0.1) is 13.8 Å². The van der Waals surface area contributed by atoms with E-state index in [0.29, 0.717) is 37.5 Å². The van der Waals surface area contributed by atoms with Crippen LogP contribution in [0.2, 0.25) is 5.02 Å². The molecule has 5 rings (SSSR count). The van der Waals surface area contributed by atoms with E-state index in [1.165, 1.54) is 16.2 Å². The topological polar surface area (TPSA) is 83.4 Å². The Balaban J connectivity index is 1.65. The van der Waals surface area contributed by atoms with E-state index >= 15 is 0 Å². The van der Waals surface area contributed by atoms with E-state index in [0.717, 1.165) is 5.56 Å². The average Bonchev–Trinajstić information content (AvgIpc) is 3.39. The normalized spacial score (nSPS) is 15.7. The van der Waals surface area contributed by atoms with Gasteiger partial charge in [0.2, 0.25) is 5.78 Å². The van der Waals surface area contributed by atoms with Gasteiger partial charge in [-0.05, 0) is 43.7 Å². The summed E-state index contributed by atoms with van der Waals surface area (Å²) in [5.74, 6) is -1.73. The fourth-order valence-electron chi connectivity index (χ4n) is 4.19. The molecule has 0 aliphatic carbocycles. The summed E-state index contributed by atoms with van der Waals surface area (Å²) < 4.78 is 0. The van der Waals surface area contributed by atoms with Gasteiger partial charge < -0.3 is 5.11 Å². The zero-order valence-electron chi connectivity index (χ0n) is 18.9. The molecule has 3 heterocycles. The number of carbonyl (C=O) groups excluding carboxylic acids is 2. The lowest BCUT2D eigenvalue weighted by atomic mass is 9.98. The second-order valence-electron chi connectivity index (χ2n) is 8.11. The molecule has 1 amide bonds. The first-order chi connectivity index (χ1) is 16.9. The maximum absolute atomic E-state index is 13.9. The molecule has 1 aliphatic heterocycles. The number of hydrogen-bond acceptors (Lipinski definition) is 6. The number of halogens is 1. The van der Waals surface area contributed by atoms with Gasteiger partial charge in [0.15, 0.2) is 5.76 Å². The van der Waals surface area contributed by atoms with Crippen LogP contribution in [0.25, 0.3) is 10.6 Å². The molecule has 0 saturated carbocycles. The second kappa shape index (κ2) is 9.09. The van der Waals surface area contributed by atoms with Gasteiger partial charge in [-0.15, -0.1) is 11.3 Å². The fraction of sp³-hybridized carbons (Fsp3) is 0.111. The third-order valence-electron chi connectivity index (χ3n) is 5.94. The van der Waals surface area contributed by atoms with Crippen molar-refractivity contribution in [3.63, 3.8) is 0 Å². The van der Waals surface area contributed by atoms with Gasteiger partial charge in [0.1, 0.15) is 11.0 Å². The molecule has 1 atom stereocenters. The van der Waals surface area contributed by atoms with Crippen molar-refractivity contribution in [2.75, 3.05) is 4.90 Å². The quantitative estimate of drug-likeness (QED) is 0.326. The highest BCUT2D eigenvalue weighted by molar-refractivity contribution is 7.17. The third kappa shape index (κ3) is 3.92. The molecule has 0 bridgehead atoms. The summed E-state index contributed by atoms with van der Waals surface area (Å²) in [5, 5.41) is 12.2. The van der Waals surface area contributed by atoms with Crippen molar-refractivity contribution in [1.29, 1.82) is 0 Å². The van der Waals surface area contributed by atoms with Crippen molar-refractivity contribution in [1.82, 2.24) is 9.97 Å². The number of nitrogens with zero attached hydrogens (tertiary/aromatic N) is 3. The number of aromatic nitrogens is 2. The van der Waals surface area contributed by atoms with Gasteiger partial charge in [-0.25, -0.2) is 4.98 Å². The molecule has 0 saturated heterocycles. The van der Waals surface area contributed by atoms with E-state index in [2.05, 4.69) is 9.97 Å². The molecular formula is C27H20ClN3O3S. The predicted octanol–water partition coefficient (Wildman–Crippen LogP) is 6.26. The Morgan fingerprint density at radius 1 is 1.03 bits per heavy atom. The van der Waals surface area contributed by atoms with Gasteiger partial charge in [-0.2, -0.15) is 0 Å². The predicted molar refractivity (Wildman–Crippen MR) is 137 cm³/mol. The lowest BCUT2D eigenvalue weighted by molar-refractivity contribution is -0.117. The first-order valence-corrected chi connectivity index (χ1v) is 12.1. The SMILES string of the molecule is Cc1nc(-c2ccccc2)sc1C(=O)C1=C(O)C(=O)N(c2cccc(Cl)c2C)C1c1ccccn1. The number of anilines is 1. The Hall–Kier alpha value is -3.81. The van der Waals surface area contributed by atoms with Crippen LogP contribution in [-0.2, 0) is 4.79 Å². The van der Waals surface area contributed by atoms with E-state index in [-0.39, 0.29) is 5.57 Å². The van der Waals surface area contributed by atoms with Gasteiger partial charge in [0.25, 0.3) is 5.91 Å². The summed E-state index contributed by atoms with van der Waals surface area (Å²) in [7, 11) is 0. The number of aliphatic hydroxyl groups is 1. The summed E-state index contributed by atoms with van der Waals surface area (Å²) in [4.78, 5) is 38.1. The number of rotatable bonds is 5. The lowest BCUT2D eigenvalue weighted by Crippen LogP contribution is -2.32. The fourth-order valence-corrected chi connectivity index (χ4v) is 5.39. The molecule has 6 nitrogen and oxygen atoms in total. The number of aryl methyl sites for hydroxylation is 1. The third-order valence-corrected chi connectivity index (χ3v) is 7.56. The number of amides is 1. The number of benzene rings is 2. The van der Waals surface area contributed by atoms with E-state index < -0.39 is 23.5 Å². The highest BCUT2D eigenvalue weighted by Gasteiger charge is 2.46. The van der Waals surface area contributed by atoms with E-state index in [9.17, 15) is 14.7 Å². The maximum atomic E-state index is 13.9. The minimum atomic E-state index is -0.921. The Bertz CT molecular complexity index is 1480. The molecule has 35 heavy (non-hydrogen) atoms. The van der Waals surface area contributed by atoms with Gasteiger partial charge in [0.05, 0.1) is 21.8 Å². The molecular weight excluding hydrogens is 482 g/mol. The monoisotopic (exact) mass is 501 g/mol. The van der Waals surface area contributed by atoms with Crippen molar-refractivity contribution in [2.45, 2.75) is 19.9 Å². The summed E-state index contributed by atoms with van der Waals surface area (Å²) in [6.45, 7) is 3.54. The van der Waals surface area contributed by atoms with Crippen LogP contribution in [0.5, 0.6) is 0 Å². The lowest BCUT2D eigenvalue weighted by Gasteiger charge is -2.27. The zero-order valence-corrected chi connectivity index (χ0v) is 20.5. The molecule has 1 aliphatic rings. The molecule has 2 aromatic carbocycles. The van der Waals surface area contributed by atoms with Crippen LogP contribution in [0.15, 0.2) is 84.3 Å². The van der Waals surface area contributed by atoms with Crippen molar-refractivity contribution >= 4 is 40.3 Å². The molecule has 0 radical (unpaired) electrons. The van der Waals surface area contributed by atoms with Crippen LogP contribution < -0.4 is 4.90 Å². The van der Waals surface area contributed by atoms with E-state index in [1.807, 2.05) is 30.3 Å². The molecule has 174 valence electrons. The number of pyridine rings is 1. The minimum Gasteiger partial charge on any atom is -0.503 e. The summed E-state index contributed by atoms with van der Waals surface area (Å²) in [6.07, 6.45) is 1.59. The average molecular weight is 502 g/mol. The van der Waals surface area contributed by atoms with Crippen molar-refractivity contribution < 1.29 is 14.7 Å². The Labute approximate surface area is 211 Å². The molecule has 0 fully saturated rings. The molecule has 8 heteroatoms. The Morgan fingerprint density at radius 3 is 2.49 bits per heavy atom. The molecule has 0 spiro atoms.